The fourth-order valence-corrected chi connectivity index (χ4v) is 6.46. The molecule has 11 nitrogen and oxygen atoms in total. The fourth-order valence-electron chi connectivity index (χ4n) is 6.46. The van der Waals surface area contributed by atoms with Crippen molar-refractivity contribution in [1.82, 2.24) is 24.7 Å². The van der Waals surface area contributed by atoms with Crippen molar-refractivity contribution < 1.29 is 13.9 Å². The van der Waals surface area contributed by atoms with E-state index in [-0.39, 0.29) is 51.5 Å². The fraction of sp³-hybridized carbons (Fsp3) is 0.432. The maximum atomic E-state index is 15.4. The van der Waals surface area contributed by atoms with Gasteiger partial charge in [-0.05, 0) is 77.8 Å². The average molecular weight is 668 g/mol. The number of nitrogens with zero attached hydrogens (tertiary/aromatic N) is 6. The highest BCUT2D eigenvalue weighted by atomic mass is 19.1. The van der Waals surface area contributed by atoms with Crippen LogP contribution in [0.4, 0.5) is 16.0 Å². The van der Waals surface area contributed by atoms with Crippen LogP contribution in [0.2, 0.25) is 0 Å². The van der Waals surface area contributed by atoms with Crippen LogP contribution in [0.25, 0.3) is 0 Å². The standard InChI is InChI=1S/C37H46FN9O2/c1-36(2,3)46-16-18-47(19-17-46)37(4,5)21-25(22-39)35(48)45-15-9-10-26(23-45)44-34-31(33(41)42-24-43-34)32(40)29-14-13-28(20-30(29)38)49-27-11-7-6-8-12-27/h6-8,11-14,20-21,24,26,40H,9-10,15-19,23H2,1-5H3,(H3,41,42,43,44)/b25-21+,40-32?. The van der Waals surface area contributed by atoms with Crippen molar-refractivity contribution >= 4 is 23.3 Å². The molecule has 1 unspecified atom stereocenters. The summed E-state index contributed by atoms with van der Waals surface area (Å²) in [6.45, 7) is 15.1. The molecule has 2 aromatic carbocycles. The molecule has 2 aliphatic heterocycles. The molecule has 1 atom stereocenters. The summed E-state index contributed by atoms with van der Waals surface area (Å²) in [5, 5.41) is 22.3. The van der Waals surface area contributed by atoms with E-state index in [9.17, 15) is 10.1 Å². The SMILES string of the molecule is CC(C)(C)N1CCN(C(C)(C)/C=C(\C#N)C(=O)N2CCCC(Nc3ncnc(N)c3C(=N)c3ccc(Oc4ccccc4)cc3F)C2)CC1. The number of nitrogen functional groups attached to an aromatic ring is 1. The van der Waals surface area contributed by atoms with Gasteiger partial charge in [-0.3, -0.25) is 20.0 Å². The Morgan fingerprint density at radius 2 is 1.73 bits per heavy atom. The Hall–Kier alpha value is -4.86. The van der Waals surface area contributed by atoms with Gasteiger partial charge in [0.25, 0.3) is 5.91 Å². The molecular formula is C37H46FN9O2. The van der Waals surface area contributed by atoms with Gasteiger partial charge in [-0.1, -0.05) is 18.2 Å². The van der Waals surface area contributed by atoms with E-state index in [0.29, 0.717) is 31.0 Å². The number of piperidine rings is 1. The van der Waals surface area contributed by atoms with Gasteiger partial charge in [0.15, 0.2) is 0 Å². The van der Waals surface area contributed by atoms with Gasteiger partial charge in [0.2, 0.25) is 0 Å². The molecule has 12 heteroatoms. The average Bonchev–Trinajstić information content (AvgIpc) is 3.07. The third-order valence-electron chi connectivity index (χ3n) is 9.26. The lowest BCUT2D eigenvalue weighted by Crippen LogP contribution is -2.58. The number of halogens is 1. The Bertz CT molecular complexity index is 1740. The zero-order valence-corrected chi connectivity index (χ0v) is 29.0. The molecule has 1 amide bonds. The number of ether oxygens (including phenoxy) is 1. The van der Waals surface area contributed by atoms with Crippen molar-refractivity contribution in [3.63, 3.8) is 0 Å². The first-order valence-electron chi connectivity index (χ1n) is 16.7. The molecule has 3 aromatic rings. The van der Waals surface area contributed by atoms with E-state index >= 15 is 4.39 Å². The van der Waals surface area contributed by atoms with Crippen LogP contribution in [-0.2, 0) is 4.79 Å². The molecule has 0 saturated carbocycles. The summed E-state index contributed by atoms with van der Waals surface area (Å²) in [5.74, 6) is 0.179. The molecule has 2 saturated heterocycles. The summed E-state index contributed by atoms with van der Waals surface area (Å²) in [6.07, 6.45) is 4.50. The van der Waals surface area contributed by atoms with Gasteiger partial charge in [-0.2, -0.15) is 5.26 Å². The molecule has 0 radical (unpaired) electrons. The molecule has 0 aliphatic carbocycles. The Kier molecular flexibility index (Phi) is 10.6. The van der Waals surface area contributed by atoms with E-state index in [4.69, 9.17) is 15.9 Å². The summed E-state index contributed by atoms with van der Waals surface area (Å²) >= 11 is 0. The molecule has 0 spiro atoms. The van der Waals surface area contributed by atoms with Crippen molar-refractivity contribution in [2.45, 2.75) is 64.6 Å². The minimum atomic E-state index is -0.656. The number of rotatable bonds is 9. The molecule has 3 heterocycles. The number of amides is 1. The number of nitriles is 1. The number of carbonyl (C=O) groups is 1. The Morgan fingerprint density at radius 1 is 1.04 bits per heavy atom. The van der Waals surface area contributed by atoms with Crippen LogP contribution in [0, 0.1) is 22.6 Å². The minimum Gasteiger partial charge on any atom is -0.457 e. The van der Waals surface area contributed by atoms with Crippen molar-refractivity contribution in [3.8, 4) is 17.6 Å². The Labute approximate surface area is 288 Å². The third-order valence-corrected chi connectivity index (χ3v) is 9.26. The monoisotopic (exact) mass is 667 g/mol. The van der Waals surface area contributed by atoms with Gasteiger partial charge < -0.3 is 20.7 Å². The highest BCUT2D eigenvalue weighted by molar-refractivity contribution is 6.16. The van der Waals surface area contributed by atoms with Crippen molar-refractivity contribution in [1.29, 1.82) is 10.7 Å². The number of piperazine rings is 1. The molecule has 4 N–H and O–H groups in total. The van der Waals surface area contributed by atoms with E-state index in [0.717, 1.165) is 32.6 Å². The summed E-state index contributed by atoms with van der Waals surface area (Å²) in [7, 11) is 0. The molecule has 1 aromatic heterocycles. The van der Waals surface area contributed by atoms with Gasteiger partial charge in [0.05, 0.1) is 11.3 Å². The Balaban J connectivity index is 1.28. The van der Waals surface area contributed by atoms with Crippen LogP contribution in [-0.4, -0.2) is 92.7 Å². The van der Waals surface area contributed by atoms with Gasteiger partial charge in [0, 0.05) is 68.0 Å². The quantitative estimate of drug-likeness (QED) is 0.154. The summed E-state index contributed by atoms with van der Waals surface area (Å²) in [4.78, 5) is 28.6. The second-order valence-electron chi connectivity index (χ2n) is 14.1. The summed E-state index contributed by atoms with van der Waals surface area (Å²) in [6, 6.07) is 15.2. The number of hydrogen-bond donors (Lipinski definition) is 3. The summed E-state index contributed by atoms with van der Waals surface area (Å²) < 4.78 is 21.1. The predicted molar refractivity (Wildman–Crippen MR) is 189 cm³/mol. The van der Waals surface area contributed by atoms with Crippen molar-refractivity contribution in [3.05, 3.63) is 83.5 Å². The molecule has 0 bridgehead atoms. The largest absolute Gasteiger partial charge is 0.457 e. The smallest absolute Gasteiger partial charge is 0.264 e. The van der Waals surface area contributed by atoms with Gasteiger partial charge in [-0.15, -0.1) is 0 Å². The van der Waals surface area contributed by atoms with E-state index < -0.39 is 11.4 Å². The van der Waals surface area contributed by atoms with Gasteiger partial charge in [-0.25, -0.2) is 14.4 Å². The van der Waals surface area contributed by atoms with Crippen LogP contribution in [0.3, 0.4) is 0 Å². The number of nitrogens with one attached hydrogen (secondary N) is 2. The molecular weight excluding hydrogens is 621 g/mol. The maximum Gasteiger partial charge on any atom is 0.264 e. The lowest BCUT2D eigenvalue weighted by Gasteiger charge is -2.47. The molecule has 2 aliphatic rings. The second-order valence-corrected chi connectivity index (χ2v) is 14.1. The highest BCUT2D eigenvalue weighted by Crippen LogP contribution is 2.29. The number of para-hydroxylation sites is 1. The van der Waals surface area contributed by atoms with E-state index in [1.54, 1.807) is 29.2 Å². The van der Waals surface area contributed by atoms with Gasteiger partial charge in [0.1, 0.15) is 46.9 Å². The first-order valence-corrected chi connectivity index (χ1v) is 16.7. The number of nitrogens with two attached hydrogens (primary N) is 1. The number of hydrogen-bond acceptors (Lipinski definition) is 10. The third kappa shape index (κ3) is 8.42. The highest BCUT2D eigenvalue weighted by Gasteiger charge is 2.34. The van der Waals surface area contributed by atoms with Crippen molar-refractivity contribution in [2.24, 2.45) is 0 Å². The lowest BCUT2D eigenvalue weighted by molar-refractivity contribution is -0.127. The van der Waals surface area contributed by atoms with Crippen LogP contribution in [0.15, 0.2) is 66.5 Å². The van der Waals surface area contributed by atoms with E-state index in [2.05, 4.69) is 51.9 Å². The van der Waals surface area contributed by atoms with Crippen LogP contribution >= 0.6 is 0 Å². The lowest BCUT2D eigenvalue weighted by atomic mass is 9.95. The zero-order chi connectivity index (χ0) is 35.3. The normalized spacial score (nSPS) is 18.1. The van der Waals surface area contributed by atoms with Crippen LogP contribution < -0.4 is 15.8 Å². The number of anilines is 2. The van der Waals surface area contributed by atoms with E-state index in [1.165, 1.54) is 18.5 Å². The first-order chi connectivity index (χ1) is 23.3. The number of likely N-dealkylation sites (tertiary alicyclic amines) is 1. The van der Waals surface area contributed by atoms with E-state index in [1.807, 2.05) is 32.0 Å². The number of aromatic nitrogens is 2. The minimum absolute atomic E-state index is 0.0108. The molecule has 5 rings (SSSR count). The zero-order valence-electron chi connectivity index (χ0n) is 29.0. The Morgan fingerprint density at radius 3 is 2.39 bits per heavy atom. The molecule has 258 valence electrons. The summed E-state index contributed by atoms with van der Waals surface area (Å²) in [5.41, 5.74) is 5.95. The first kappa shape index (κ1) is 35.4. The van der Waals surface area contributed by atoms with Gasteiger partial charge >= 0.3 is 0 Å². The van der Waals surface area contributed by atoms with Crippen LogP contribution in [0.1, 0.15) is 58.6 Å². The second kappa shape index (κ2) is 14.7. The molecule has 49 heavy (non-hydrogen) atoms. The predicted octanol–water partition coefficient (Wildman–Crippen LogP) is 5.45. The molecule has 2 fully saturated rings. The number of benzene rings is 2. The van der Waals surface area contributed by atoms with Crippen molar-refractivity contribution in [2.75, 3.05) is 50.3 Å². The topological polar surface area (TPSA) is 147 Å². The number of carbonyl (C=O) groups excluding carboxylic acids is 1. The van der Waals surface area contributed by atoms with Crippen LogP contribution in [0.5, 0.6) is 11.5 Å². The maximum absolute atomic E-state index is 15.4.